The van der Waals surface area contributed by atoms with Gasteiger partial charge in [0.15, 0.2) is 0 Å². The molecule has 0 aliphatic heterocycles. The quantitative estimate of drug-likeness (QED) is 0.918. The Balaban J connectivity index is 1.94. The molecule has 0 saturated carbocycles. The maximum atomic E-state index is 11.4. The summed E-state index contributed by atoms with van der Waals surface area (Å²) in [4.78, 5) is 13.2. The summed E-state index contributed by atoms with van der Waals surface area (Å²) in [5.41, 5.74) is 1.34. The lowest BCUT2D eigenvalue weighted by Gasteiger charge is -2.19. The van der Waals surface area contributed by atoms with Gasteiger partial charge < -0.3 is 9.64 Å². The molecular formula is C14H16ClN3O2. The fourth-order valence-corrected chi connectivity index (χ4v) is 2.00. The molecule has 0 radical (unpaired) electrons. The first-order valence-electron chi connectivity index (χ1n) is 6.21. The van der Waals surface area contributed by atoms with Gasteiger partial charge in [0.05, 0.1) is 18.4 Å². The number of aromatic nitrogens is 2. The third-order valence-electron chi connectivity index (χ3n) is 2.87. The zero-order valence-corrected chi connectivity index (χ0v) is 12.1. The molecule has 1 aromatic carbocycles. The lowest BCUT2D eigenvalue weighted by atomic mass is 10.2. The number of anilines is 1. The van der Waals surface area contributed by atoms with Crippen LogP contribution in [0.3, 0.4) is 0 Å². The van der Waals surface area contributed by atoms with Crippen molar-refractivity contribution in [1.82, 2.24) is 10.2 Å². The molecule has 0 spiro atoms. The van der Waals surface area contributed by atoms with Crippen LogP contribution in [0.5, 0.6) is 5.75 Å². The van der Waals surface area contributed by atoms with Crippen molar-refractivity contribution in [3.8, 4) is 5.75 Å². The van der Waals surface area contributed by atoms with Crippen molar-refractivity contribution in [3.63, 3.8) is 0 Å². The predicted octanol–water partition coefficient (Wildman–Crippen LogP) is 2.25. The zero-order chi connectivity index (χ0) is 14.5. The number of H-pyrrole nitrogens is 1. The van der Waals surface area contributed by atoms with Crippen molar-refractivity contribution < 1.29 is 4.74 Å². The zero-order valence-electron chi connectivity index (χ0n) is 11.4. The number of rotatable bonds is 5. The largest absolute Gasteiger partial charge is 0.492 e. The molecule has 6 heteroatoms. The average molecular weight is 294 g/mol. The number of benzene rings is 1. The Morgan fingerprint density at radius 3 is 3.00 bits per heavy atom. The van der Waals surface area contributed by atoms with E-state index in [1.165, 1.54) is 6.20 Å². The van der Waals surface area contributed by atoms with Crippen molar-refractivity contribution in [2.45, 2.75) is 6.92 Å². The number of nitrogens with zero attached hydrogens (tertiary/aromatic N) is 2. The fraction of sp³-hybridized carbons (Fsp3) is 0.286. The van der Waals surface area contributed by atoms with Crippen LogP contribution < -0.4 is 15.2 Å². The number of halogens is 1. The molecule has 1 N–H and O–H groups in total. The number of ether oxygens (including phenoxy) is 1. The fourth-order valence-electron chi connectivity index (χ4n) is 1.77. The average Bonchev–Trinajstić information content (AvgIpc) is 2.42. The molecule has 20 heavy (non-hydrogen) atoms. The summed E-state index contributed by atoms with van der Waals surface area (Å²) in [7, 11) is 1.84. The van der Waals surface area contributed by atoms with Gasteiger partial charge in [-0.2, -0.15) is 5.10 Å². The number of nitrogens with one attached hydrogen (secondary N) is 1. The first kappa shape index (κ1) is 14.4. The monoisotopic (exact) mass is 293 g/mol. The summed E-state index contributed by atoms with van der Waals surface area (Å²) in [5.74, 6) is 0.827. The molecule has 0 amide bonds. The minimum atomic E-state index is -0.393. The highest BCUT2D eigenvalue weighted by Crippen LogP contribution is 2.18. The van der Waals surface area contributed by atoms with E-state index in [2.05, 4.69) is 10.2 Å². The molecular weight excluding hydrogens is 278 g/mol. The highest BCUT2D eigenvalue weighted by atomic mass is 35.5. The van der Waals surface area contributed by atoms with E-state index in [9.17, 15) is 4.79 Å². The number of hydrogen-bond acceptors (Lipinski definition) is 4. The second-order valence-corrected chi connectivity index (χ2v) is 4.86. The van der Waals surface area contributed by atoms with Crippen LogP contribution in [-0.4, -0.2) is 30.4 Å². The van der Waals surface area contributed by atoms with E-state index < -0.39 is 5.56 Å². The summed E-state index contributed by atoms with van der Waals surface area (Å²) < 4.78 is 5.66. The SMILES string of the molecule is Cc1cccc(OCCN(C)c2cn[nH]c(=O)c2Cl)c1. The standard InChI is InChI=1S/C14H16ClN3O2/c1-10-4-3-5-11(8-10)20-7-6-18(2)12-9-16-17-14(19)13(12)15/h3-5,8-9H,6-7H2,1-2H3,(H,17,19). The van der Waals surface area contributed by atoms with Gasteiger partial charge in [-0.1, -0.05) is 23.7 Å². The number of aromatic amines is 1. The van der Waals surface area contributed by atoms with E-state index >= 15 is 0 Å². The third-order valence-corrected chi connectivity index (χ3v) is 3.24. The lowest BCUT2D eigenvalue weighted by Crippen LogP contribution is -2.26. The van der Waals surface area contributed by atoms with Crippen molar-refractivity contribution in [2.75, 3.05) is 25.1 Å². The molecule has 0 aliphatic rings. The molecule has 2 aromatic rings. The first-order chi connectivity index (χ1) is 9.58. The van der Waals surface area contributed by atoms with Gasteiger partial charge in [0.25, 0.3) is 5.56 Å². The van der Waals surface area contributed by atoms with Crippen LogP contribution in [0.4, 0.5) is 5.69 Å². The maximum absolute atomic E-state index is 11.4. The van der Waals surface area contributed by atoms with Crippen LogP contribution in [0, 0.1) is 6.92 Å². The van der Waals surface area contributed by atoms with Gasteiger partial charge in [-0.05, 0) is 24.6 Å². The Hall–Kier alpha value is -2.01. The van der Waals surface area contributed by atoms with Gasteiger partial charge in [0.1, 0.15) is 17.4 Å². The van der Waals surface area contributed by atoms with E-state index in [0.717, 1.165) is 11.3 Å². The van der Waals surface area contributed by atoms with Crippen LogP contribution in [0.1, 0.15) is 5.56 Å². The van der Waals surface area contributed by atoms with Gasteiger partial charge in [0, 0.05) is 7.05 Å². The number of likely N-dealkylation sites (N-methyl/N-ethyl adjacent to an activating group) is 1. The predicted molar refractivity (Wildman–Crippen MR) is 79.8 cm³/mol. The van der Waals surface area contributed by atoms with E-state index in [0.29, 0.717) is 18.8 Å². The molecule has 0 aliphatic carbocycles. The first-order valence-corrected chi connectivity index (χ1v) is 6.59. The van der Waals surface area contributed by atoms with Gasteiger partial charge in [-0.3, -0.25) is 4.79 Å². The second-order valence-electron chi connectivity index (χ2n) is 4.48. The summed E-state index contributed by atoms with van der Waals surface area (Å²) in [6.07, 6.45) is 1.52. The normalized spacial score (nSPS) is 10.3. The molecule has 0 atom stereocenters. The van der Waals surface area contributed by atoms with Crippen molar-refractivity contribution in [3.05, 3.63) is 51.4 Å². The molecule has 0 fully saturated rings. The van der Waals surface area contributed by atoms with Crippen LogP contribution in [-0.2, 0) is 0 Å². The summed E-state index contributed by atoms with van der Waals surface area (Å²) >= 11 is 5.94. The smallest absolute Gasteiger partial charge is 0.285 e. The molecule has 2 rings (SSSR count). The third kappa shape index (κ3) is 3.51. The minimum Gasteiger partial charge on any atom is -0.492 e. The van der Waals surface area contributed by atoms with E-state index in [1.807, 2.05) is 43.1 Å². The van der Waals surface area contributed by atoms with E-state index in [-0.39, 0.29) is 5.02 Å². The Morgan fingerprint density at radius 1 is 1.45 bits per heavy atom. The Labute approximate surface area is 122 Å². The van der Waals surface area contributed by atoms with E-state index in [1.54, 1.807) is 0 Å². The summed E-state index contributed by atoms with van der Waals surface area (Å²) in [6, 6.07) is 7.85. The summed E-state index contributed by atoms with van der Waals surface area (Å²) in [6.45, 7) is 3.10. The Bertz CT molecular complexity index is 642. The number of hydrogen-bond donors (Lipinski definition) is 1. The van der Waals surface area contributed by atoms with Crippen LogP contribution in [0.25, 0.3) is 0 Å². The molecule has 0 saturated heterocycles. The van der Waals surface area contributed by atoms with Crippen LogP contribution >= 0.6 is 11.6 Å². The molecule has 1 heterocycles. The molecule has 0 bridgehead atoms. The highest BCUT2D eigenvalue weighted by molar-refractivity contribution is 6.32. The summed E-state index contributed by atoms with van der Waals surface area (Å²) in [5, 5.41) is 6.16. The van der Waals surface area contributed by atoms with Crippen molar-refractivity contribution in [2.24, 2.45) is 0 Å². The molecule has 0 unspecified atom stereocenters. The van der Waals surface area contributed by atoms with Gasteiger partial charge in [0.2, 0.25) is 0 Å². The van der Waals surface area contributed by atoms with E-state index in [4.69, 9.17) is 16.3 Å². The minimum absolute atomic E-state index is 0.137. The van der Waals surface area contributed by atoms with Gasteiger partial charge in [-0.15, -0.1) is 0 Å². The maximum Gasteiger partial charge on any atom is 0.285 e. The Morgan fingerprint density at radius 2 is 2.25 bits per heavy atom. The van der Waals surface area contributed by atoms with Gasteiger partial charge in [-0.25, -0.2) is 5.10 Å². The van der Waals surface area contributed by atoms with Crippen LogP contribution in [0.2, 0.25) is 5.02 Å². The lowest BCUT2D eigenvalue weighted by molar-refractivity contribution is 0.325. The molecule has 106 valence electrons. The van der Waals surface area contributed by atoms with Crippen LogP contribution in [0.15, 0.2) is 35.3 Å². The topological polar surface area (TPSA) is 58.2 Å². The highest BCUT2D eigenvalue weighted by Gasteiger charge is 2.09. The van der Waals surface area contributed by atoms with Crippen molar-refractivity contribution >= 4 is 17.3 Å². The van der Waals surface area contributed by atoms with Crippen molar-refractivity contribution in [1.29, 1.82) is 0 Å². The second kappa shape index (κ2) is 6.43. The Kier molecular flexibility index (Phi) is 4.63. The number of aryl methyl sites for hydroxylation is 1. The molecule has 1 aromatic heterocycles. The molecule has 5 nitrogen and oxygen atoms in total. The van der Waals surface area contributed by atoms with Gasteiger partial charge >= 0.3 is 0 Å².